The van der Waals surface area contributed by atoms with E-state index in [2.05, 4.69) is 64.3 Å². The summed E-state index contributed by atoms with van der Waals surface area (Å²) in [6.45, 7) is 6.95. The third kappa shape index (κ3) is 3.83. The van der Waals surface area contributed by atoms with Gasteiger partial charge in [-0.3, -0.25) is 4.98 Å². The highest BCUT2D eigenvalue weighted by atomic mass is 79.9. The zero-order valence-electron chi connectivity index (χ0n) is 12.9. The number of methoxy groups -OCH3 is 1. The summed E-state index contributed by atoms with van der Waals surface area (Å²) in [5, 5.41) is 3.51. The van der Waals surface area contributed by atoms with Crippen LogP contribution in [-0.4, -0.2) is 12.1 Å². The van der Waals surface area contributed by atoms with Crippen LogP contribution in [0, 0.1) is 13.8 Å². The summed E-state index contributed by atoms with van der Waals surface area (Å²) in [7, 11) is 1.71. The Kier molecular flexibility index (Phi) is 5.37. The van der Waals surface area contributed by atoms with Crippen molar-refractivity contribution in [3.63, 3.8) is 0 Å². The van der Waals surface area contributed by atoms with Crippen molar-refractivity contribution < 1.29 is 4.74 Å². The Morgan fingerprint density at radius 2 is 1.90 bits per heavy atom. The molecule has 4 heteroatoms. The minimum Gasteiger partial charge on any atom is -0.496 e. The summed E-state index contributed by atoms with van der Waals surface area (Å²) >= 11 is 3.46. The average molecular weight is 349 g/mol. The summed E-state index contributed by atoms with van der Waals surface area (Å²) in [6, 6.07) is 8.64. The van der Waals surface area contributed by atoms with E-state index < -0.39 is 0 Å². The van der Waals surface area contributed by atoms with Crippen LogP contribution in [0.3, 0.4) is 0 Å². The number of nitrogens with one attached hydrogen (secondary N) is 1. The number of halogens is 1. The van der Waals surface area contributed by atoms with Crippen molar-refractivity contribution >= 4 is 15.9 Å². The van der Waals surface area contributed by atoms with Gasteiger partial charge in [0.15, 0.2) is 0 Å². The standard InChI is InChI=1S/C17H21BrN2O/c1-11-9-20-16(12(2)17(11)21-4)10-19-13(3)14-5-7-15(18)8-6-14/h5-9,13,19H,10H2,1-4H3/t13-/m0/s1. The molecule has 1 heterocycles. The minimum absolute atomic E-state index is 0.270. The molecule has 0 bridgehead atoms. The third-order valence-electron chi connectivity index (χ3n) is 3.70. The second-order valence-corrected chi connectivity index (χ2v) is 6.12. The number of rotatable bonds is 5. The Hall–Kier alpha value is -1.39. The molecule has 1 atom stereocenters. The van der Waals surface area contributed by atoms with Crippen LogP contribution in [0.2, 0.25) is 0 Å². The van der Waals surface area contributed by atoms with Gasteiger partial charge >= 0.3 is 0 Å². The second kappa shape index (κ2) is 7.05. The van der Waals surface area contributed by atoms with E-state index in [9.17, 15) is 0 Å². The number of hydrogen-bond donors (Lipinski definition) is 1. The van der Waals surface area contributed by atoms with E-state index >= 15 is 0 Å². The van der Waals surface area contributed by atoms with E-state index in [4.69, 9.17) is 4.74 Å². The molecule has 1 aromatic carbocycles. The molecule has 0 radical (unpaired) electrons. The predicted molar refractivity (Wildman–Crippen MR) is 89.7 cm³/mol. The molecule has 0 amide bonds. The first-order chi connectivity index (χ1) is 10.0. The van der Waals surface area contributed by atoms with Gasteiger partial charge in [-0.2, -0.15) is 0 Å². The van der Waals surface area contributed by atoms with Crippen molar-refractivity contribution in [1.82, 2.24) is 10.3 Å². The fraction of sp³-hybridized carbons (Fsp3) is 0.353. The summed E-state index contributed by atoms with van der Waals surface area (Å²) in [6.07, 6.45) is 1.87. The van der Waals surface area contributed by atoms with E-state index in [1.165, 1.54) is 5.56 Å². The van der Waals surface area contributed by atoms with Crippen LogP contribution < -0.4 is 10.1 Å². The number of aryl methyl sites for hydroxylation is 1. The Morgan fingerprint density at radius 3 is 2.52 bits per heavy atom. The molecule has 3 nitrogen and oxygen atoms in total. The maximum Gasteiger partial charge on any atom is 0.128 e. The van der Waals surface area contributed by atoms with Gasteiger partial charge in [0.25, 0.3) is 0 Å². The Labute approximate surface area is 134 Å². The van der Waals surface area contributed by atoms with Crippen LogP contribution in [-0.2, 0) is 6.54 Å². The van der Waals surface area contributed by atoms with Crippen molar-refractivity contribution in [3.05, 3.63) is 57.3 Å². The summed E-state index contributed by atoms with van der Waals surface area (Å²) in [4.78, 5) is 4.52. The first-order valence-electron chi connectivity index (χ1n) is 7.01. The molecule has 21 heavy (non-hydrogen) atoms. The summed E-state index contributed by atoms with van der Waals surface area (Å²) in [5.41, 5.74) is 4.46. The number of pyridine rings is 1. The normalized spacial score (nSPS) is 12.2. The van der Waals surface area contributed by atoms with E-state index in [-0.39, 0.29) is 6.04 Å². The van der Waals surface area contributed by atoms with Crippen LogP contribution in [0.1, 0.15) is 35.3 Å². The van der Waals surface area contributed by atoms with E-state index in [1.807, 2.05) is 13.1 Å². The lowest BCUT2D eigenvalue weighted by Crippen LogP contribution is -2.19. The summed E-state index contributed by atoms with van der Waals surface area (Å²) in [5.74, 6) is 0.929. The van der Waals surface area contributed by atoms with Crippen molar-refractivity contribution in [2.24, 2.45) is 0 Å². The zero-order valence-corrected chi connectivity index (χ0v) is 14.5. The lowest BCUT2D eigenvalue weighted by Gasteiger charge is -2.17. The first-order valence-corrected chi connectivity index (χ1v) is 7.80. The van der Waals surface area contributed by atoms with Gasteiger partial charge in [-0.05, 0) is 38.5 Å². The minimum atomic E-state index is 0.270. The van der Waals surface area contributed by atoms with Crippen LogP contribution >= 0.6 is 15.9 Å². The van der Waals surface area contributed by atoms with E-state index in [0.29, 0.717) is 0 Å². The van der Waals surface area contributed by atoms with E-state index in [1.54, 1.807) is 7.11 Å². The second-order valence-electron chi connectivity index (χ2n) is 5.20. The number of ether oxygens (including phenoxy) is 1. The number of nitrogens with zero attached hydrogens (tertiary/aromatic N) is 1. The highest BCUT2D eigenvalue weighted by Gasteiger charge is 2.11. The lowest BCUT2D eigenvalue weighted by molar-refractivity contribution is 0.406. The van der Waals surface area contributed by atoms with Gasteiger partial charge in [-0.25, -0.2) is 0 Å². The fourth-order valence-electron chi connectivity index (χ4n) is 2.37. The molecule has 112 valence electrons. The number of aromatic nitrogens is 1. The molecule has 2 rings (SSSR count). The molecule has 1 aromatic heterocycles. The molecular formula is C17H21BrN2O. The van der Waals surface area contributed by atoms with Gasteiger partial charge in [-0.1, -0.05) is 28.1 Å². The molecule has 0 aliphatic carbocycles. The van der Waals surface area contributed by atoms with Crippen LogP contribution in [0.5, 0.6) is 5.75 Å². The van der Waals surface area contributed by atoms with Gasteiger partial charge < -0.3 is 10.1 Å². The van der Waals surface area contributed by atoms with Crippen LogP contribution in [0.25, 0.3) is 0 Å². The molecule has 1 N–H and O–H groups in total. The van der Waals surface area contributed by atoms with Gasteiger partial charge in [0.1, 0.15) is 5.75 Å². The highest BCUT2D eigenvalue weighted by molar-refractivity contribution is 9.10. The Balaban J connectivity index is 2.08. The quantitative estimate of drug-likeness (QED) is 0.873. The highest BCUT2D eigenvalue weighted by Crippen LogP contribution is 2.24. The Morgan fingerprint density at radius 1 is 1.24 bits per heavy atom. The molecule has 0 unspecified atom stereocenters. The number of hydrogen-bond acceptors (Lipinski definition) is 3. The molecule has 0 spiro atoms. The number of benzene rings is 1. The SMILES string of the molecule is COc1c(C)cnc(CN[C@@H](C)c2ccc(Br)cc2)c1C. The molecule has 0 aliphatic heterocycles. The van der Waals surface area contributed by atoms with Crippen LogP contribution in [0.4, 0.5) is 0 Å². The molecule has 0 saturated carbocycles. The zero-order chi connectivity index (χ0) is 15.4. The van der Waals surface area contributed by atoms with Gasteiger partial charge in [0.05, 0.1) is 12.8 Å². The third-order valence-corrected chi connectivity index (χ3v) is 4.22. The lowest BCUT2D eigenvalue weighted by atomic mass is 10.1. The van der Waals surface area contributed by atoms with Crippen molar-refractivity contribution in [1.29, 1.82) is 0 Å². The fourth-order valence-corrected chi connectivity index (χ4v) is 2.63. The van der Waals surface area contributed by atoms with Crippen LogP contribution in [0.15, 0.2) is 34.9 Å². The van der Waals surface area contributed by atoms with Gasteiger partial charge in [-0.15, -0.1) is 0 Å². The topological polar surface area (TPSA) is 34.1 Å². The molecular weight excluding hydrogens is 328 g/mol. The Bertz CT molecular complexity index is 611. The maximum absolute atomic E-state index is 5.45. The monoisotopic (exact) mass is 348 g/mol. The molecule has 2 aromatic rings. The molecule has 0 saturated heterocycles. The van der Waals surface area contributed by atoms with Gasteiger partial charge in [0, 0.05) is 34.4 Å². The average Bonchev–Trinajstić information content (AvgIpc) is 2.47. The van der Waals surface area contributed by atoms with Crippen molar-refractivity contribution in [2.45, 2.75) is 33.4 Å². The predicted octanol–water partition coefficient (Wildman–Crippen LogP) is 4.32. The van der Waals surface area contributed by atoms with Crippen molar-refractivity contribution in [3.8, 4) is 5.75 Å². The van der Waals surface area contributed by atoms with Gasteiger partial charge in [0.2, 0.25) is 0 Å². The maximum atomic E-state index is 5.45. The first kappa shape index (κ1) is 16.0. The van der Waals surface area contributed by atoms with Crippen molar-refractivity contribution in [2.75, 3.05) is 7.11 Å². The molecule has 0 fully saturated rings. The smallest absolute Gasteiger partial charge is 0.128 e. The van der Waals surface area contributed by atoms with E-state index in [0.717, 1.165) is 33.6 Å². The summed E-state index contributed by atoms with van der Waals surface area (Å²) < 4.78 is 6.54. The molecule has 0 aliphatic rings. The largest absolute Gasteiger partial charge is 0.496 e.